The number of rotatable bonds is 10. The van der Waals surface area contributed by atoms with Crippen LogP contribution in [0.3, 0.4) is 0 Å². The molecule has 4 bridgehead atoms. The molecule has 0 spiro atoms. The Morgan fingerprint density at radius 1 is 0.925 bits per heavy atom. The predicted octanol–water partition coefficient (Wildman–Crippen LogP) is 6.75. The van der Waals surface area contributed by atoms with Crippen molar-refractivity contribution in [3.8, 4) is 0 Å². The van der Waals surface area contributed by atoms with Crippen LogP contribution in [-0.2, 0) is 22.6 Å². The van der Waals surface area contributed by atoms with Crippen molar-refractivity contribution >= 4 is 22.7 Å². The summed E-state index contributed by atoms with van der Waals surface area (Å²) in [7, 11) is 0. The van der Waals surface area contributed by atoms with Crippen molar-refractivity contribution in [2.24, 2.45) is 29.1 Å². The van der Waals surface area contributed by atoms with Gasteiger partial charge >= 0.3 is 0 Å². The molecular formula is C35H45N3O2. The molecule has 0 radical (unpaired) electrons. The summed E-state index contributed by atoms with van der Waals surface area (Å²) in [5, 5.41) is 1.21. The standard InChI is InChI=1S/C35H45N3O2/c1-24(2)21-38(34(40)35-17-27-14-28(18-35)16-29(15-27)19-35)23-33(39)37(22-26-10-8-25(3)9-11-26)13-12-30-20-36-32-7-5-4-6-31(30)32/h4-11,20,24,27-29,36H,12-19,21-23H2,1-3H3. The Labute approximate surface area is 239 Å². The van der Waals surface area contributed by atoms with Gasteiger partial charge in [0.15, 0.2) is 0 Å². The van der Waals surface area contributed by atoms with Crippen LogP contribution in [0.2, 0.25) is 0 Å². The van der Waals surface area contributed by atoms with Gasteiger partial charge in [0.1, 0.15) is 0 Å². The number of aromatic nitrogens is 1. The number of carbonyl (C=O) groups excluding carboxylic acids is 2. The summed E-state index contributed by atoms with van der Waals surface area (Å²) >= 11 is 0. The number of hydrogen-bond acceptors (Lipinski definition) is 2. The fraction of sp³-hybridized carbons (Fsp3) is 0.543. The number of aromatic amines is 1. The maximum absolute atomic E-state index is 14.3. The van der Waals surface area contributed by atoms with Crippen molar-refractivity contribution in [3.05, 3.63) is 71.4 Å². The number of nitrogens with zero attached hydrogens (tertiary/aromatic N) is 2. The molecular weight excluding hydrogens is 494 g/mol. The molecule has 2 aromatic carbocycles. The van der Waals surface area contributed by atoms with Crippen molar-refractivity contribution in [1.29, 1.82) is 0 Å². The minimum atomic E-state index is -0.226. The molecule has 0 unspecified atom stereocenters. The maximum atomic E-state index is 14.3. The highest BCUT2D eigenvalue weighted by molar-refractivity contribution is 5.88. The summed E-state index contributed by atoms with van der Waals surface area (Å²) in [4.78, 5) is 35.7. The molecule has 1 N–H and O–H groups in total. The van der Waals surface area contributed by atoms with Crippen LogP contribution in [-0.4, -0.2) is 46.2 Å². The van der Waals surface area contributed by atoms with Crippen LogP contribution in [0, 0.1) is 36.0 Å². The normalized spacial score (nSPS) is 25.1. The molecule has 7 rings (SSSR count). The van der Waals surface area contributed by atoms with E-state index in [2.05, 4.69) is 74.4 Å². The van der Waals surface area contributed by atoms with Crippen molar-refractivity contribution in [2.75, 3.05) is 19.6 Å². The van der Waals surface area contributed by atoms with E-state index in [9.17, 15) is 9.59 Å². The van der Waals surface area contributed by atoms with Crippen LogP contribution in [0.4, 0.5) is 0 Å². The Kier molecular flexibility index (Phi) is 7.50. The first-order chi connectivity index (χ1) is 19.3. The van der Waals surface area contributed by atoms with Gasteiger partial charge in [-0.3, -0.25) is 9.59 Å². The van der Waals surface area contributed by atoms with Crippen molar-refractivity contribution in [3.63, 3.8) is 0 Å². The zero-order valence-corrected chi connectivity index (χ0v) is 24.5. The lowest BCUT2D eigenvalue weighted by Crippen LogP contribution is -2.56. The molecule has 1 heterocycles. The summed E-state index contributed by atoms with van der Waals surface area (Å²) in [5.74, 6) is 2.77. The lowest BCUT2D eigenvalue weighted by atomic mass is 9.49. The number of carbonyl (C=O) groups is 2. The van der Waals surface area contributed by atoms with E-state index in [0.717, 1.165) is 36.8 Å². The van der Waals surface area contributed by atoms with E-state index in [4.69, 9.17) is 0 Å². The Balaban J connectivity index is 1.22. The molecule has 3 aromatic rings. The molecule has 212 valence electrons. The fourth-order valence-corrected chi connectivity index (χ4v) is 8.43. The summed E-state index contributed by atoms with van der Waals surface area (Å²) in [5.41, 5.74) is 4.46. The van der Waals surface area contributed by atoms with Crippen molar-refractivity contribution in [1.82, 2.24) is 14.8 Å². The summed E-state index contributed by atoms with van der Waals surface area (Å²) in [6, 6.07) is 16.8. The summed E-state index contributed by atoms with van der Waals surface area (Å²) < 4.78 is 0. The number of amides is 2. The highest BCUT2D eigenvalue weighted by Crippen LogP contribution is 2.60. The lowest BCUT2D eigenvalue weighted by molar-refractivity contribution is -0.160. The molecule has 1 aromatic heterocycles. The van der Waals surface area contributed by atoms with Crippen molar-refractivity contribution < 1.29 is 9.59 Å². The maximum Gasteiger partial charge on any atom is 0.242 e. The number of nitrogens with one attached hydrogen (secondary N) is 1. The fourth-order valence-electron chi connectivity index (χ4n) is 8.43. The van der Waals surface area contributed by atoms with E-state index in [1.54, 1.807) is 0 Å². The van der Waals surface area contributed by atoms with Gasteiger partial charge in [0, 0.05) is 36.7 Å². The third kappa shape index (κ3) is 5.57. The number of H-pyrrole nitrogens is 1. The molecule has 4 saturated carbocycles. The Bertz CT molecular complexity index is 1320. The third-order valence-electron chi connectivity index (χ3n) is 9.86. The number of para-hydroxylation sites is 1. The van der Waals surface area contributed by atoms with Gasteiger partial charge in [0.25, 0.3) is 0 Å². The lowest BCUT2D eigenvalue weighted by Gasteiger charge is -2.56. The molecule has 2 amide bonds. The molecule has 5 heteroatoms. The number of hydrogen-bond donors (Lipinski definition) is 1. The second kappa shape index (κ2) is 11.1. The monoisotopic (exact) mass is 539 g/mol. The third-order valence-corrected chi connectivity index (χ3v) is 9.86. The van der Waals surface area contributed by atoms with Crippen LogP contribution in [0.25, 0.3) is 10.9 Å². The van der Waals surface area contributed by atoms with E-state index in [0.29, 0.717) is 43.3 Å². The molecule has 0 aliphatic heterocycles. The van der Waals surface area contributed by atoms with Crippen molar-refractivity contribution in [2.45, 2.75) is 72.3 Å². The summed E-state index contributed by atoms with van der Waals surface area (Å²) in [6.07, 6.45) is 9.89. The van der Waals surface area contributed by atoms with Gasteiger partial charge in [-0.15, -0.1) is 0 Å². The zero-order valence-electron chi connectivity index (χ0n) is 24.5. The average Bonchev–Trinajstić information content (AvgIpc) is 3.33. The molecule has 4 aliphatic rings. The molecule has 5 nitrogen and oxygen atoms in total. The van der Waals surface area contributed by atoms with E-state index in [-0.39, 0.29) is 23.8 Å². The largest absolute Gasteiger partial charge is 0.361 e. The minimum absolute atomic E-state index is 0.0548. The quantitative estimate of drug-likeness (QED) is 0.310. The topological polar surface area (TPSA) is 56.4 Å². The molecule has 4 aliphatic carbocycles. The summed E-state index contributed by atoms with van der Waals surface area (Å²) in [6.45, 7) is 8.41. The van der Waals surface area contributed by atoms with Gasteiger partial charge in [-0.05, 0) is 92.7 Å². The SMILES string of the molecule is Cc1ccc(CN(CCc2c[nH]c3ccccc23)C(=O)CN(CC(C)C)C(=O)C23CC4CC(CC(C4)C2)C3)cc1. The first-order valence-corrected chi connectivity index (χ1v) is 15.5. The highest BCUT2D eigenvalue weighted by atomic mass is 16.2. The van der Waals surface area contributed by atoms with E-state index in [1.807, 2.05) is 15.9 Å². The van der Waals surface area contributed by atoms with E-state index >= 15 is 0 Å². The van der Waals surface area contributed by atoms with Gasteiger partial charge < -0.3 is 14.8 Å². The Morgan fingerprint density at radius 3 is 2.23 bits per heavy atom. The second-order valence-electron chi connectivity index (χ2n) is 13.7. The van der Waals surface area contributed by atoms with Crippen LogP contribution < -0.4 is 0 Å². The first kappa shape index (κ1) is 27.1. The average molecular weight is 540 g/mol. The van der Waals surface area contributed by atoms with Crippen LogP contribution in [0.15, 0.2) is 54.7 Å². The van der Waals surface area contributed by atoms with Crippen LogP contribution >= 0.6 is 0 Å². The van der Waals surface area contributed by atoms with E-state index < -0.39 is 0 Å². The first-order valence-electron chi connectivity index (χ1n) is 15.5. The second-order valence-corrected chi connectivity index (χ2v) is 13.7. The van der Waals surface area contributed by atoms with Gasteiger partial charge in [-0.2, -0.15) is 0 Å². The Hall–Kier alpha value is -3.08. The van der Waals surface area contributed by atoms with Gasteiger partial charge in [-0.25, -0.2) is 0 Å². The number of aryl methyl sites for hydroxylation is 1. The predicted molar refractivity (Wildman–Crippen MR) is 161 cm³/mol. The zero-order chi connectivity index (χ0) is 27.9. The van der Waals surface area contributed by atoms with E-state index in [1.165, 1.54) is 35.8 Å². The smallest absolute Gasteiger partial charge is 0.242 e. The Morgan fingerprint density at radius 2 is 1.57 bits per heavy atom. The molecule has 4 fully saturated rings. The van der Waals surface area contributed by atoms with Gasteiger partial charge in [-0.1, -0.05) is 61.9 Å². The van der Waals surface area contributed by atoms with Crippen LogP contribution in [0.1, 0.15) is 69.1 Å². The van der Waals surface area contributed by atoms with Gasteiger partial charge in [0.05, 0.1) is 12.0 Å². The number of benzene rings is 2. The van der Waals surface area contributed by atoms with Crippen LogP contribution in [0.5, 0.6) is 0 Å². The van der Waals surface area contributed by atoms with Gasteiger partial charge in [0.2, 0.25) is 11.8 Å². The molecule has 40 heavy (non-hydrogen) atoms. The molecule has 0 atom stereocenters. The number of fused-ring (bicyclic) bond motifs is 1. The minimum Gasteiger partial charge on any atom is -0.361 e. The molecule has 0 saturated heterocycles. The highest BCUT2D eigenvalue weighted by Gasteiger charge is 2.55.